The lowest BCUT2D eigenvalue weighted by molar-refractivity contribution is -0.128. The molecule has 0 spiro atoms. The highest BCUT2D eigenvalue weighted by Gasteiger charge is 2.20. The van der Waals surface area contributed by atoms with Gasteiger partial charge in [0.1, 0.15) is 0 Å². The minimum Gasteiger partial charge on any atom is -0.356 e. The summed E-state index contributed by atoms with van der Waals surface area (Å²) in [5.41, 5.74) is 0.720. The average molecular weight is 340 g/mol. The second kappa shape index (κ2) is 8.15. The van der Waals surface area contributed by atoms with E-state index in [4.69, 9.17) is 0 Å². The van der Waals surface area contributed by atoms with Gasteiger partial charge in [-0.25, -0.2) is 0 Å². The molecule has 2 aromatic carbocycles. The van der Waals surface area contributed by atoms with Gasteiger partial charge in [0.25, 0.3) is 0 Å². The van der Waals surface area contributed by atoms with Crippen molar-refractivity contribution in [2.45, 2.75) is 46.6 Å². The van der Waals surface area contributed by atoms with Gasteiger partial charge in [-0.15, -0.1) is 0 Å². The SMILES string of the molecule is CC(NC(=O)CCCNC(=O)C(C)(C)C)c1cccc2ccccc12. The number of carbonyl (C=O) groups is 2. The molecule has 4 nitrogen and oxygen atoms in total. The quantitative estimate of drug-likeness (QED) is 0.782. The zero-order valence-corrected chi connectivity index (χ0v) is 15.6. The van der Waals surface area contributed by atoms with Crippen molar-refractivity contribution in [2.24, 2.45) is 5.41 Å². The predicted octanol–water partition coefficient (Wildman–Crippen LogP) is 3.96. The molecule has 134 valence electrons. The summed E-state index contributed by atoms with van der Waals surface area (Å²) < 4.78 is 0. The van der Waals surface area contributed by atoms with Crippen LogP contribution in [0.15, 0.2) is 42.5 Å². The highest BCUT2D eigenvalue weighted by Crippen LogP contribution is 2.24. The molecule has 0 radical (unpaired) electrons. The molecule has 0 bridgehead atoms. The van der Waals surface area contributed by atoms with Gasteiger partial charge in [-0.2, -0.15) is 0 Å². The summed E-state index contributed by atoms with van der Waals surface area (Å²) in [6, 6.07) is 14.3. The Hall–Kier alpha value is -2.36. The Kier molecular flexibility index (Phi) is 6.18. The van der Waals surface area contributed by atoms with E-state index in [9.17, 15) is 9.59 Å². The van der Waals surface area contributed by atoms with Gasteiger partial charge < -0.3 is 10.6 Å². The maximum Gasteiger partial charge on any atom is 0.225 e. The number of amides is 2. The Balaban J connectivity index is 1.85. The molecule has 2 amide bonds. The van der Waals surface area contributed by atoms with Gasteiger partial charge in [-0.1, -0.05) is 63.2 Å². The summed E-state index contributed by atoms with van der Waals surface area (Å²) in [5, 5.41) is 8.26. The van der Waals surface area contributed by atoms with Crippen LogP contribution in [0.1, 0.15) is 52.1 Å². The van der Waals surface area contributed by atoms with E-state index in [1.54, 1.807) is 0 Å². The van der Waals surface area contributed by atoms with Crippen LogP contribution in [0, 0.1) is 5.41 Å². The number of rotatable bonds is 6. The van der Waals surface area contributed by atoms with Gasteiger partial charge in [0.15, 0.2) is 0 Å². The molecule has 0 aromatic heterocycles. The molecule has 1 unspecified atom stereocenters. The smallest absolute Gasteiger partial charge is 0.225 e. The minimum absolute atomic E-state index is 0.00504. The number of benzene rings is 2. The first-order valence-electron chi connectivity index (χ1n) is 8.84. The summed E-state index contributed by atoms with van der Waals surface area (Å²) in [6.07, 6.45) is 1.04. The number of carbonyl (C=O) groups excluding carboxylic acids is 2. The summed E-state index contributed by atoms with van der Waals surface area (Å²) in [4.78, 5) is 24.0. The van der Waals surface area contributed by atoms with Gasteiger partial charge in [-0.3, -0.25) is 9.59 Å². The molecule has 0 heterocycles. The lowest BCUT2D eigenvalue weighted by Gasteiger charge is -2.18. The van der Waals surface area contributed by atoms with E-state index in [-0.39, 0.29) is 17.9 Å². The summed E-state index contributed by atoms with van der Waals surface area (Å²) >= 11 is 0. The highest BCUT2D eigenvalue weighted by atomic mass is 16.2. The van der Waals surface area contributed by atoms with E-state index in [0.717, 1.165) is 10.9 Å². The fraction of sp³-hybridized carbons (Fsp3) is 0.429. The molecule has 2 aromatic rings. The Labute approximate surface area is 150 Å². The van der Waals surface area contributed by atoms with Crippen molar-refractivity contribution in [1.29, 1.82) is 0 Å². The third kappa shape index (κ3) is 5.31. The molecule has 0 saturated carbocycles. The van der Waals surface area contributed by atoms with E-state index in [1.807, 2.05) is 45.9 Å². The Morgan fingerprint density at radius 3 is 2.44 bits per heavy atom. The van der Waals surface area contributed by atoms with Crippen LogP contribution in [0.2, 0.25) is 0 Å². The van der Waals surface area contributed by atoms with E-state index < -0.39 is 5.41 Å². The fourth-order valence-corrected chi connectivity index (χ4v) is 2.74. The third-order valence-corrected chi connectivity index (χ3v) is 4.21. The van der Waals surface area contributed by atoms with E-state index in [0.29, 0.717) is 19.4 Å². The zero-order valence-electron chi connectivity index (χ0n) is 15.6. The lowest BCUT2D eigenvalue weighted by atomic mass is 9.96. The zero-order chi connectivity index (χ0) is 18.4. The first-order chi connectivity index (χ1) is 11.8. The number of hydrogen-bond acceptors (Lipinski definition) is 2. The minimum atomic E-state index is -0.398. The Morgan fingerprint density at radius 1 is 1.04 bits per heavy atom. The Morgan fingerprint density at radius 2 is 1.72 bits per heavy atom. The Bertz CT molecular complexity index is 742. The van der Waals surface area contributed by atoms with Crippen LogP contribution in [0.5, 0.6) is 0 Å². The standard InChI is InChI=1S/C21H28N2O2/c1-15(17-12-7-10-16-9-5-6-11-18(16)17)23-19(24)13-8-14-22-20(25)21(2,3)4/h5-7,9-12,15H,8,13-14H2,1-4H3,(H,22,25)(H,23,24). The summed E-state index contributed by atoms with van der Waals surface area (Å²) in [7, 11) is 0. The maximum absolute atomic E-state index is 12.2. The van der Waals surface area contributed by atoms with Crippen LogP contribution in [0.4, 0.5) is 0 Å². The molecule has 0 aliphatic heterocycles. The van der Waals surface area contributed by atoms with Crippen molar-refractivity contribution in [3.63, 3.8) is 0 Å². The largest absolute Gasteiger partial charge is 0.356 e. The second-order valence-electron chi connectivity index (χ2n) is 7.47. The topological polar surface area (TPSA) is 58.2 Å². The van der Waals surface area contributed by atoms with Gasteiger partial charge >= 0.3 is 0 Å². The van der Waals surface area contributed by atoms with Crippen LogP contribution in [-0.4, -0.2) is 18.4 Å². The van der Waals surface area contributed by atoms with Crippen molar-refractivity contribution in [3.05, 3.63) is 48.0 Å². The molecular weight excluding hydrogens is 312 g/mol. The van der Waals surface area contributed by atoms with Gasteiger partial charge in [0.2, 0.25) is 11.8 Å². The van der Waals surface area contributed by atoms with Crippen LogP contribution in [0.3, 0.4) is 0 Å². The molecule has 2 rings (SSSR count). The van der Waals surface area contributed by atoms with Crippen LogP contribution < -0.4 is 10.6 Å². The maximum atomic E-state index is 12.2. The average Bonchev–Trinajstić information content (AvgIpc) is 2.57. The molecule has 0 aliphatic rings. The molecule has 0 saturated heterocycles. The van der Waals surface area contributed by atoms with Crippen molar-refractivity contribution in [2.75, 3.05) is 6.54 Å². The van der Waals surface area contributed by atoms with Crippen molar-refractivity contribution in [3.8, 4) is 0 Å². The molecule has 0 aliphatic carbocycles. The van der Waals surface area contributed by atoms with Gasteiger partial charge in [-0.05, 0) is 29.7 Å². The summed E-state index contributed by atoms with van der Waals surface area (Å²) in [5.74, 6) is 0.0162. The number of hydrogen-bond donors (Lipinski definition) is 2. The fourth-order valence-electron chi connectivity index (χ4n) is 2.74. The number of fused-ring (bicyclic) bond motifs is 1. The molecule has 4 heteroatoms. The van der Waals surface area contributed by atoms with E-state index in [1.165, 1.54) is 5.39 Å². The molecule has 25 heavy (non-hydrogen) atoms. The van der Waals surface area contributed by atoms with Crippen molar-refractivity contribution in [1.82, 2.24) is 10.6 Å². The molecular formula is C21H28N2O2. The molecule has 2 N–H and O–H groups in total. The molecule has 1 atom stereocenters. The lowest BCUT2D eigenvalue weighted by Crippen LogP contribution is -2.36. The van der Waals surface area contributed by atoms with Crippen molar-refractivity contribution >= 4 is 22.6 Å². The molecule has 0 fully saturated rings. The monoisotopic (exact) mass is 340 g/mol. The number of nitrogens with one attached hydrogen (secondary N) is 2. The van der Waals surface area contributed by atoms with Gasteiger partial charge in [0.05, 0.1) is 6.04 Å². The van der Waals surface area contributed by atoms with Crippen molar-refractivity contribution < 1.29 is 9.59 Å². The summed E-state index contributed by atoms with van der Waals surface area (Å²) in [6.45, 7) is 8.15. The van der Waals surface area contributed by atoms with Gasteiger partial charge in [0, 0.05) is 18.4 Å². The predicted molar refractivity (Wildman–Crippen MR) is 102 cm³/mol. The second-order valence-corrected chi connectivity index (χ2v) is 7.47. The third-order valence-electron chi connectivity index (χ3n) is 4.21. The normalized spacial score (nSPS) is 12.6. The van der Waals surface area contributed by atoms with Crippen LogP contribution >= 0.6 is 0 Å². The van der Waals surface area contributed by atoms with E-state index in [2.05, 4.69) is 34.9 Å². The first-order valence-corrected chi connectivity index (χ1v) is 8.84. The first kappa shape index (κ1) is 19.0. The van der Waals surface area contributed by atoms with Crippen LogP contribution in [-0.2, 0) is 9.59 Å². The highest BCUT2D eigenvalue weighted by molar-refractivity contribution is 5.87. The van der Waals surface area contributed by atoms with E-state index >= 15 is 0 Å². The van der Waals surface area contributed by atoms with Crippen LogP contribution in [0.25, 0.3) is 10.8 Å².